The first kappa shape index (κ1) is 16.2. The molecule has 0 aliphatic heterocycles. The summed E-state index contributed by atoms with van der Waals surface area (Å²) in [6.07, 6.45) is 2.09. The molecule has 0 heterocycles. The van der Waals surface area contributed by atoms with Gasteiger partial charge < -0.3 is 10.2 Å². The largest absolute Gasteiger partial charge is 0.343 e. The molecule has 0 aromatic heterocycles. The second-order valence-corrected chi connectivity index (χ2v) is 6.24. The van der Waals surface area contributed by atoms with Crippen molar-refractivity contribution in [3.8, 4) is 0 Å². The first-order valence-electron chi connectivity index (χ1n) is 8.32. The third-order valence-corrected chi connectivity index (χ3v) is 4.29. The molecular formula is C20H22N2O2. The summed E-state index contributed by atoms with van der Waals surface area (Å²) in [6, 6.07) is 17.7. The highest BCUT2D eigenvalue weighted by Gasteiger charge is 2.32. The number of amides is 2. The molecular weight excluding hydrogens is 300 g/mol. The summed E-state index contributed by atoms with van der Waals surface area (Å²) in [5.41, 5.74) is 2.64. The Morgan fingerprint density at radius 2 is 1.71 bits per heavy atom. The zero-order valence-electron chi connectivity index (χ0n) is 13.9. The third kappa shape index (κ3) is 4.02. The Labute approximate surface area is 142 Å². The standard InChI is InChI=1S/C20H22N2O2/c1-15-7-5-6-10-18(15)20(24)21-13-19(23)22(17-11-12-17)14-16-8-3-2-4-9-16/h2-10,17H,11-14H2,1H3,(H,21,24). The Morgan fingerprint density at radius 1 is 1.04 bits per heavy atom. The van der Waals surface area contributed by atoms with Gasteiger partial charge in [-0.2, -0.15) is 0 Å². The van der Waals surface area contributed by atoms with E-state index in [2.05, 4.69) is 5.32 Å². The lowest BCUT2D eigenvalue weighted by molar-refractivity contribution is -0.131. The Bertz CT molecular complexity index is 723. The molecule has 0 saturated heterocycles. The number of nitrogens with one attached hydrogen (secondary N) is 1. The molecule has 1 aliphatic carbocycles. The lowest BCUT2D eigenvalue weighted by atomic mass is 10.1. The summed E-state index contributed by atoms with van der Waals surface area (Å²) < 4.78 is 0. The number of rotatable bonds is 6. The van der Waals surface area contributed by atoms with Gasteiger partial charge in [0.05, 0.1) is 6.54 Å². The van der Waals surface area contributed by atoms with Crippen molar-refractivity contribution in [2.45, 2.75) is 32.4 Å². The molecule has 3 rings (SSSR count). The lowest BCUT2D eigenvalue weighted by Crippen LogP contribution is -2.41. The van der Waals surface area contributed by atoms with E-state index in [4.69, 9.17) is 0 Å². The Morgan fingerprint density at radius 3 is 2.38 bits per heavy atom. The van der Waals surface area contributed by atoms with E-state index in [0.717, 1.165) is 24.0 Å². The molecule has 2 aromatic carbocycles. The van der Waals surface area contributed by atoms with Crippen LogP contribution in [-0.2, 0) is 11.3 Å². The first-order valence-corrected chi connectivity index (χ1v) is 8.32. The second-order valence-electron chi connectivity index (χ2n) is 6.24. The molecule has 1 aliphatic rings. The summed E-state index contributed by atoms with van der Waals surface area (Å²) in [6.45, 7) is 2.53. The van der Waals surface area contributed by atoms with Crippen LogP contribution in [0, 0.1) is 6.92 Å². The molecule has 2 amide bonds. The average Bonchev–Trinajstić information content (AvgIpc) is 3.43. The third-order valence-electron chi connectivity index (χ3n) is 4.29. The minimum absolute atomic E-state index is 0.0247. The number of hydrogen-bond acceptors (Lipinski definition) is 2. The summed E-state index contributed by atoms with van der Waals surface area (Å²) in [5.74, 6) is -0.222. The summed E-state index contributed by atoms with van der Waals surface area (Å²) >= 11 is 0. The normalized spacial score (nSPS) is 13.4. The molecule has 4 heteroatoms. The fraction of sp³-hybridized carbons (Fsp3) is 0.300. The van der Waals surface area contributed by atoms with Gasteiger partial charge in [0.25, 0.3) is 5.91 Å². The number of nitrogens with zero attached hydrogens (tertiary/aromatic N) is 1. The fourth-order valence-corrected chi connectivity index (χ4v) is 2.77. The monoisotopic (exact) mass is 322 g/mol. The van der Waals surface area contributed by atoms with Crippen LogP contribution < -0.4 is 5.32 Å². The zero-order chi connectivity index (χ0) is 16.9. The van der Waals surface area contributed by atoms with Crippen LogP contribution in [0.15, 0.2) is 54.6 Å². The van der Waals surface area contributed by atoms with Gasteiger partial charge in [0.15, 0.2) is 0 Å². The molecule has 0 atom stereocenters. The molecule has 4 nitrogen and oxygen atoms in total. The minimum Gasteiger partial charge on any atom is -0.343 e. The zero-order valence-corrected chi connectivity index (χ0v) is 13.9. The Hall–Kier alpha value is -2.62. The molecule has 1 N–H and O–H groups in total. The highest BCUT2D eigenvalue weighted by Crippen LogP contribution is 2.28. The van der Waals surface area contributed by atoms with Gasteiger partial charge in [-0.25, -0.2) is 0 Å². The summed E-state index contributed by atoms with van der Waals surface area (Å²) in [4.78, 5) is 26.7. The van der Waals surface area contributed by atoms with E-state index in [-0.39, 0.29) is 18.4 Å². The van der Waals surface area contributed by atoms with E-state index in [0.29, 0.717) is 18.2 Å². The second kappa shape index (κ2) is 7.30. The van der Waals surface area contributed by atoms with Gasteiger partial charge in [-0.1, -0.05) is 48.5 Å². The van der Waals surface area contributed by atoms with Gasteiger partial charge in [0, 0.05) is 18.2 Å². The van der Waals surface area contributed by atoms with Crippen molar-refractivity contribution >= 4 is 11.8 Å². The molecule has 0 spiro atoms. The van der Waals surface area contributed by atoms with Gasteiger partial charge in [-0.15, -0.1) is 0 Å². The highest BCUT2D eigenvalue weighted by molar-refractivity contribution is 5.97. The molecule has 24 heavy (non-hydrogen) atoms. The van der Waals surface area contributed by atoms with Gasteiger partial charge >= 0.3 is 0 Å². The fourth-order valence-electron chi connectivity index (χ4n) is 2.77. The first-order chi connectivity index (χ1) is 11.6. The molecule has 0 radical (unpaired) electrons. The number of benzene rings is 2. The van der Waals surface area contributed by atoms with Crippen LogP contribution in [0.1, 0.15) is 34.3 Å². The number of carbonyl (C=O) groups is 2. The average molecular weight is 322 g/mol. The molecule has 2 aromatic rings. The lowest BCUT2D eigenvalue weighted by Gasteiger charge is -2.23. The molecule has 0 unspecified atom stereocenters. The van der Waals surface area contributed by atoms with E-state index in [1.165, 1.54) is 0 Å². The van der Waals surface area contributed by atoms with Crippen molar-refractivity contribution < 1.29 is 9.59 Å². The van der Waals surface area contributed by atoms with Gasteiger partial charge in [-0.3, -0.25) is 9.59 Å². The topological polar surface area (TPSA) is 49.4 Å². The van der Waals surface area contributed by atoms with E-state index in [1.807, 2.05) is 60.4 Å². The van der Waals surface area contributed by atoms with Gasteiger partial charge in [0.2, 0.25) is 5.91 Å². The van der Waals surface area contributed by atoms with Crippen LogP contribution in [0.3, 0.4) is 0 Å². The maximum atomic E-state index is 12.6. The van der Waals surface area contributed by atoms with Crippen LogP contribution in [-0.4, -0.2) is 29.3 Å². The quantitative estimate of drug-likeness (QED) is 0.889. The van der Waals surface area contributed by atoms with Crippen LogP contribution in [0.4, 0.5) is 0 Å². The maximum absolute atomic E-state index is 12.6. The smallest absolute Gasteiger partial charge is 0.251 e. The SMILES string of the molecule is Cc1ccccc1C(=O)NCC(=O)N(Cc1ccccc1)C1CC1. The van der Waals surface area contributed by atoms with Crippen molar-refractivity contribution in [1.29, 1.82) is 0 Å². The van der Waals surface area contributed by atoms with Crippen LogP contribution >= 0.6 is 0 Å². The molecule has 0 bridgehead atoms. The van der Waals surface area contributed by atoms with E-state index >= 15 is 0 Å². The molecule has 1 saturated carbocycles. The van der Waals surface area contributed by atoms with Gasteiger partial charge in [0.1, 0.15) is 0 Å². The molecule has 124 valence electrons. The van der Waals surface area contributed by atoms with Crippen molar-refractivity contribution in [3.63, 3.8) is 0 Å². The Balaban J connectivity index is 1.60. The Kier molecular flexibility index (Phi) is 4.94. The van der Waals surface area contributed by atoms with Gasteiger partial charge in [-0.05, 0) is 37.0 Å². The highest BCUT2D eigenvalue weighted by atomic mass is 16.2. The van der Waals surface area contributed by atoms with Crippen LogP contribution in [0.2, 0.25) is 0 Å². The van der Waals surface area contributed by atoms with E-state index < -0.39 is 0 Å². The maximum Gasteiger partial charge on any atom is 0.251 e. The number of aryl methyl sites for hydroxylation is 1. The predicted octanol–water partition coefficient (Wildman–Crippen LogP) is 2.92. The van der Waals surface area contributed by atoms with Crippen molar-refractivity contribution in [1.82, 2.24) is 10.2 Å². The van der Waals surface area contributed by atoms with E-state index in [1.54, 1.807) is 6.07 Å². The van der Waals surface area contributed by atoms with Crippen molar-refractivity contribution in [3.05, 3.63) is 71.3 Å². The van der Waals surface area contributed by atoms with Crippen LogP contribution in [0.5, 0.6) is 0 Å². The molecule has 1 fully saturated rings. The summed E-state index contributed by atoms with van der Waals surface area (Å²) in [7, 11) is 0. The van der Waals surface area contributed by atoms with Crippen molar-refractivity contribution in [2.24, 2.45) is 0 Å². The summed E-state index contributed by atoms with van der Waals surface area (Å²) in [5, 5.41) is 2.76. The van der Waals surface area contributed by atoms with Crippen LogP contribution in [0.25, 0.3) is 0 Å². The predicted molar refractivity (Wildman–Crippen MR) is 93.5 cm³/mol. The van der Waals surface area contributed by atoms with E-state index in [9.17, 15) is 9.59 Å². The minimum atomic E-state index is -0.197. The van der Waals surface area contributed by atoms with Crippen molar-refractivity contribution in [2.75, 3.05) is 6.54 Å². The number of carbonyl (C=O) groups excluding carboxylic acids is 2. The number of hydrogen-bond donors (Lipinski definition) is 1.